The van der Waals surface area contributed by atoms with Gasteiger partial charge in [-0.05, 0) is 18.2 Å². The highest BCUT2D eigenvalue weighted by Crippen LogP contribution is 2.38. The first kappa shape index (κ1) is 17.7. The Kier molecular flexibility index (Phi) is 4.52. The summed E-state index contributed by atoms with van der Waals surface area (Å²) in [6, 6.07) is 12.3. The first-order valence-electron chi connectivity index (χ1n) is 8.64. The molecule has 3 aromatic rings. The van der Waals surface area contributed by atoms with E-state index in [2.05, 4.69) is 15.7 Å². The van der Waals surface area contributed by atoms with Crippen molar-refractivity contribution >= 4 is 23.3 Å². The minimum absolute atomic E-state index is 0.0529. The van der Waals surface area contributed by atoms with Gasteiger partial charge in [0.1, 0.15) is 23.4 Å². The van der Waals surface area contributed by atoms with Crippen LogP contribution in [0.2, 0.25) is 0 Å². The highest BCUT2D eigenvalue weighted by Gasteiger charge is 2.34. The number of para-hydroxylation sites is 2. The van der Waals surface area contributed by atoms with Gasteiger partial charge in [0.15, 0.2) is 0 Å². The number of aromatic nitrogens is 2. The first-order chi connectivity index (χ1) is 13.6. The number of benzene rings is 2. The Morgan fingerprint density at radius 1 is 1.21 bits per heavy atom. The van der Waals surface area contributed by atoms with Crippen LogP contribution in [0.25, 0.3) is 11.1 Å². The Labute approximate surface area is 160 Å². The van der Waals surface area contributed by atoms with Gasteiger partial charge in [-0.15, -0.1) is 0 Å². The van der Waals surface area contributed by atoms with Gasteiger partial charge in [0.2, 0.25) is 11.8 Å². The molecular formula is C20H17FN4O3. The fourth-order valence-corrected chi connectivity index (χ4v) is 3.21. The Balaban J connectivity index is 1.71. The minimum atomic E-state index is -0.896. The first-order valence-corrected chi connectivity index (χ1v) is 8.64. The lowest BCUT2D eigenvalue weighted by Crippen LogP contribution is -2.36. The predicted molar refractivity (Wildman–Crippen MR) is 102 cm³/mol. The quantitative estimate of drug-likeness (QED) is 0.728. The molecule has 142 valence electrons. The van der Waals surface area contributed by atoms with E-state index in [1.54, 1.807) is 25.4 Å². The van der Waals surface area contributed by atoms with Crippen molar-refractivity contribution in [3.8, 4) is 16.9 Å². The van der Waals surface area contributed by atoms with Crippen molar-refractivity contribution in [1.82, 2.24) is 9.78 Å². The highest BCUT2D eigenvalue weighted by atomic mass is 19.1. The van der Waals surface area contributed by atoms with Crippen molar-refractivity contribution in [1.29, 1.82) is 0 Å². The molecule has 1 aliphatic rings. The topological polar surface area (TPSA) is 85.2 Å². The molecule has 0 spiro atoms. The number of amides is 2. The van der Waals surface area contributed by atoms with E-state index in [0.29, 0.717) is 17.1 Å². The second-order valence-electron chi connectivity index (χ2n) is 6.29. The van der Waals surface area contributed by atoms with Crippen molar-refractivity contribution in [2.45, 2.75) is 12.5 Å². The molecule has 0 saturated heterocycles. The summed E-state index contributed by atoms with van der Waals surface area (Å²) >= 11 is 0. The molecular weight excluding hydrogens is 363 g/mol. The van der Waals surface area contributed by atoms with E-state index in [4.69, 9.17) is 4.74 Å². The zero-order valence-corrected chi connectivity index (χ0v) is 15.0. The van der Waals surface area contributed by atoms with E-state index in [1.807, 2.05) is 18.2 Å². The molecule has 1 aromatic heterocycles. The third-order valence-electron chi connectivity index (χ3n) is 4.56. The normalized spacial score (nSPS) is 15.5. The lowest BCUT2D eigenvalue weighted by Gasteiger charge is -2.24. The van der Waals surface area contributed by atoms with Crippen LogP contribution in [0.1, 0.15) is 12.5 Å². The van der Waals surface area contributed by atoms with E-state index >= 15 is 0 Å². The maximum Gasteiger partial charge on any atom is 0.249 e. The van der Waals surface area contributed by atoms with E-state index in [-0.39, 0.29) is 18.0 Å². The van der Waals surface area contributed by atoms with Crippen molar-refractivity contribution in [2.24, 2.45) is 0 Å². The summed E-state index contributed by atoms with van der Waals surface area (Å²) in [5.74, 6) is -0.375. The number of carbonyl (C=O) groups excluding carboxylic acids is 2. The molecule has 4 rings (SSSR count). The number of hydrogen-bond acceptors (Lipinski definition) is 4. The fourth-order valence-electron chi connectivity index (χ4n) is 3.21. The van der Waals surface area contributed by atoms with Gasteiger partial charge in [-0.2, -0.15) is 5.10 Å². The van der Waals surface area contributed by atoms with Crippen LogP contribution < -0.4 is 15.4 Å². The molecule has 1 unspecified atom stereocenters. The van der Waals surface area contributed by atoms with Gasteiger partial charge in [-0.25, -0.2) is 9.07 Å². The molecule has 2 amide bonds. The van der Waals surface area contributed by atoms with Crippen LogP contribution in [0.15, 0.2) is 54.7 Å². The summed E-state index contributed by atoms with van der Waals surface area (Å²) in [6.07, 6.45) is 1.47. The second kappa shape index (κ2) is 7.15. The average Bonchev–Trinajstić information content (AvgIpc) is 3.12. The molecule has 0 bridgehead atoms. The SMILES string of the molecule is COc1ccccc1-c1cnn2c1NC(=O)CC2C(=O)Nc1ccccc1F. The van der Waals surface area contributed by atoms with Gasteiger partial charge in [-0.1, -0.05) is 30.3 Å². The largest absolute Gasteiger partial charge is 0.496 e. The molecule has 2 heterocycles. The fraction of sp³-hybridized carbons (Fsp3) is 0.150. The van der Waals surface area contributed by atoms with E-state index in [9.17, 15) is 14.0 Å². The zero-order chi connectivity index (χ0) is 19.7. The molecule has 7 nitrogen and oxygen atoms in total. The van der Waals surface area contributed by atoms with Crippen molar-refractivity contribution in [3.05, 3.63) is 60.5 Å². The maximum atomic E-state index is 13.9. The third-order valence-corrected chi connectivity index (χ3v) is 4.56. The number of nitrogens with one attached hydrogen (secondary N) is 2. The molecule has 0 aliphatic carbocycles. The summed E-state index contributed by atoms with van der Waals surface area (Å²) in [6.45, 7) is 0. The number of carbonyl (C=O) groups is 2. The lowest BCUT2D eigenvalue weighted by molar-refractivity contribution is -0.125. The monoisotopic (exact) mass is 380 g/mol. The van der Waals surface area contributed by atoms with Crippen LogP contribution in [-0.2, 0) is 9.59 Å². The Morgan fingerprint density at radius 2 is 1.96 bits per heavy atom. The number of rotatable bonds is 4. The standard InChI is InChI=1S/C20H17FN4O3/c1-28-17-9-5-2-6-12(17)13-11-22-25-16(10-18(26)24-19(13)25)20(27)23-15-8-4-3-7-14(15)21/h2-9,11,16H,10H2,1H3,(H,23,27)(H,24,26). The molecule has 8 heteroatoms. The number of methoxy groups -OCH3 is 1. The summed E-state index contributed by atoms with van der Waals surface area (Å²) in [5.41, 5.74) is 1.42. The van der Waals surface area contributed by atoms with Gasteiger partial charge in [0, 0.05) is 11.1 Å². The van der Waals surface area contributed by atoms with Gasteiger partial charge in [0.25, 0.3) is 0 Å². The number of nitrogens with zero attached hydrogens (tertiary/aromatic N) is 2. The van der Waals surface area contributed by atoms with Crippen molar-refractivity contribution in [2.75, 3.05) is 17.7 Å². The van der Waals surface area contributed by atoms with E-state index < -0.39 is 17.8 Å². The highest BCUT2D eigenvalue weighted by molar-refractivity contribution is 6.03. The van der Waals surface area contributed by atoms with Crippen LogP contribution in [0, 0.1) is 5.82 Å². The van der Waals surface area contributed by atoms with Crippen LogP contribution >= 0.6 is 0 Å². The van der Waals surface area contributed by atoms with Crippen LogP contribution in [0.4, 0.5) is 15.9 Å². The van der Waals surface area contributed by atoms with E-state index in [0.717, 1.165) is 5.56 Å². The molecule has 0 radical (unpaired) electrons. The minimum Gasteiger partial charge on any atom is -0.496 e. The number of fused-ring (bicyclic) bond motifs is 1. The van der Waals surface area contributed by atoms with Gasteiger partial charge in [-0.3, -0.25) is 9.59 Å². The van der Waals surface area contributed by atoms with Crippen molar-refractivity contribution in [3.63, 3.8) is 0 Å². The van der Waals surface area contributed by atoms with Gasteiger partial charge in [0.05, 0.1) is 25.4 Å². The van der Waals surface area contributed by atoms with Crippen molar-refractivity contribution < 1.29 is 18.7 Å². The van der Waals surface area contributed by atoms with Crippen LogP contribution in [-0.4, -0.2) is 28.7 Å². The molecule has 28 heavy (non-hydrogen) atoms. The summed E-state index contributed by atoms with van der Waals surface area (Å²) in [7, 11) is 1.55. The molecule has 2 aromatic carbocycles. The third kappa shape index (κ3) is 3.09. The average molecular weight is 380 g/mol. The molecule has 1 aliphatic heterocycles. The molecule has 1 atom stereocenters. The Hall–Kier alpha value is -3.68. The molecule has 0 saturated carbocycles. The summed E-state index contributed by atoms with van der Waals surface area (Å²) in [4.78, 5) is 25.0. The number of anilines is 2. The zero-order valence-electron chi connectivity index (χ0n) is 15.0. The summed E-state index contributed by atoms with van der Waals surface area (Å²) < 4.78 is 20.7. The van der Waals surface area contributed by atoms with Gasteiger partial charge >= 0.3 is 0 Å². The van der Waals surface area contributed by atoms with E-state index in [1.165, 1.54) is 22.9 Å². The second-order valence-corrected chi connectivity index (χ2v) is 6.29. The lowest BCUT2D eigenvalue weighted by atomic mass is 10.1. The number of ether oxygens (including phenoxy) is 1. The number of hydrogen-bond donors (Lipinski definition) is 2. The van der Waals surface area contributed by atoms with Crippen LogP contribution in [0.3, 0.4) is 0 Å². The smallest absolute Gasteiger partial charge is 0.249 e. The molecule has 0 fully saturated rings. The summed E-state index contributed by atoms with van der Waals surface area (Å²) in [5, 5.41) is 9.61. The maximum absolute atomic E-state index is 13.9. The van der Waals surface area contributed by atoms with Gasteiger partial charge < -0.3 is 15.4 Å². The number of halogens is 1. The van der Waals surface area contributed by atoms with Crippen LogP contribution in [0.5, 0.6) is 5.75 Å². The Morgan fingerprint density at radius 3 is 2.75 bits per heavy atom. The predicted octanol–water partition coefficient (Wildman–Crippen LogP) is 3.22. The Bertz CT molecular complexity index is 1060. The molecule has 2 N–H and O–H groups in total.